The highest BCUT2D eigenvalue weighted by Crippen LogP contribution is 2.26. The van der Waals surface area contributed by atoms with E-state index in [4.69, 9.17) is 16.3 Å². The second kappa shape index (κ2) is 7.79. The van der Waals surface area contributed by atoms with Gasteiger partial charge in [-0.25, -0.2) is 9.97 Å². The lowest BCUT2D eigenvalue weighted by molar-refractivity contribution is 0.192. The third-order valence-electron chi connectivity index (χ3n) is 3.07. The summed E-state index contributed by atoms with van der Waals surface area (Å²) in [6.07, 6.45) is 3.33. The number of ether oxygens (including phenoxy) is 1. The van der Waals surface area contributed by atoms with E-state index in [1.807, 2.05) is 6.92 Å². The Labute approximate surface area is 127 Å². The van der Waals surface area contributed by atoms with Crippen LogP contribution in [-0.2, 0) is 10.2 Å². The molecule has 20 heavy (non-hydrogen) atoms. The molecule has 1 aromatic rings. The van der Waals surface area contributed by atoms with Gasteiger partial charge in [0.1, 0.15) is 16.8 Å². The van der Waals surface area contributed by atoms with Crippen LogP contribution in [-0.4, -0.2) is 30.2 Å². The smallest absolute Gasteiger partial charge is 0.137 e. The van der Waals surface area contributed by atoms with Crippen LogP contribution in [0.25, 0.3) is 0 Å². The maximum absolute atomic E-state index is 6.20. The molecule has 1 N–H and O–H groups in total. The largest absolute Gasteiger partial charge is 0.385 e. The van der Waals surface area contributed by atoms with Gasteiger partial charge in [-0.05, 0) is 26.2 Å². The second-order valence-corrected chi connectivity index (χ2v) is 6.40. The standard InChI is InChI=1S/C15H26ClN3O/c1-11-12(16)18-14(15(2,3)4)19-13(11)17-9-7-6-8-10-20-5/h6-10H2,1-5H3,(H,17,18,19). The predicted octanol–water partition coefficient (Wildman–Crippen LogP) is 3.96. The van der Waals surface area contributed by atoms with Crippen molar-refractivity contribution in [2.24, 2.45) is 0 Å². The summed E-state index contributed by atoms with van der Waals surface area (Å²) in [6.45, 7) is 9.92. The van der Waals surface area contributed by atoms with Gasteiger partial charge in [-0.3, -0.25) is 0 Å². The van der Waals surface area contributed by atoms with Crippen molar-refractivity contribution in [2.75, 3.05) is 25.6 Å². The van der Waals surface area contributed by atoms with E-state index >= 15 is 0 Å². The van der Waals surface area contributed by atoms with E-state index < -0.39 is 0 Å². The lowest BCUT2D eigenvalue weighted by Crippen LogP contribution is -2.18. The molecule has 1 aromatic heterocycles. The number of aromatic nitrogens is 2. The fourth-order valence-corrected chi connectivity index (χ4v) is 1.92. The number of rotatable bonds is 7. The zero-order valence-electron chi connectivity index (χ0n) is 13.2. The topological polar surface area (TPSA) is 47.0 Å². The molecule has 0 aliphatic rings. The summed E-state index contributed by atoms with van der Waals surface area (Å²) in [4.78, 5) is 8.98. The van der Waals surface area contributed by atoms with Crippen molar-refractivity contribution in [1.82, 2.24) is 9.97 Å². The molecular formula is C15H26ClN3O. The van der Waals surface area contributed by atoms with Crippen molar-refractivity contribution in [3.8, 4) is 0 Å². The minimum atomic E-state index is -0.105. The van der Waals surface area contributed by atoms with Crippen LogP contribution >= 0.6 is 11.6 Å². The monoisotopic (exact) mass is 299 g/mol. The van der Waals surface area contributed by atoms with Gasteiger partial charge in [-0.2, -0.15) is 0 Å². The molecule has 0 radical (unpaired) electrons. The Kier molecular flexibility index (Phi) is 6.69. The van der Waals surface area contributed by atoms with Gasteiger partial charge in [0, 0.05) is 31.2 Å². The fraction of sp³-hybridized carbons (Fsp3) is 0.733. The molecule has 1 rings (SSSR count). The third-order valence-corrected chi connectivity index (χ3v) is 3.44. The second-order valence-electron chi connectivity index (χ2n) is 6.04. The summed E-state index contributed by atoms with van der Waals surface area (Å²) >= 11 is 6.20. The van der Waals surface area contributed by atoms with Crippen LogP contribution in [0.1, 0.15) is 51.4 Å². The molecule has 0 saturated heterocycles. The molecule has 5 heteroatoms. The van der Waals surface area contributed by atoms with Crippen molar-refractivity contribution < 1.29 is 4.74 Å². The molecule has 1 heterocycles. The van der Waals surface area contributed by atoms with Gasteiger partial charge >= 0.3 is 0 Å². The van der Waals surface area contributed by atoms with Crippen LogP contribution in [0.2, 0.25) is 5.15 Å². The van der Waals surface area contributed by atoms with Gasteiger partial charge in [0.15, 0.2) is 0 Å². The van der Waals surface area contributed by atoms with Gasteiger partial charge in [-0.1, -0.05) is 32.4 Å². The van der Waals surface area contributed by atoms with Crippen molar-refractivity contribution in [1.29, 1.82) is 0 Å². The molecule has 0 amide bonds. The molecule has 0 aliphatic carbocycles. The van der Waals surface area contributed by atoms with Gasteiger partial charge < -0.3 is 10.1 Å². The number of methoxy groups -OCH3 is 1. The van der Waals surface area contributed by atoms with Crippen LogP contribution in [0.4, 0.5) is 5.82 Å². The number of hydrogen-bond donors (Lipinski definition) is 1. The van der Waals surface area contributed by atoms with Gasteiger partial charge in [0.2, 0.25) is 0 Å². The Morgan fingerprint density at radius 3 is 2.45 bits per heavy atom. The fourth-order valence-electron chi connectivity index (χ4n) is 1.75. The number of hydrogen-bond acceptors (Lipinski definition) is 4. The number of unbranched alkanes of at least 4 members (excludes halogenated alkanes) is 2. The van der Waals surface area contributed by atoms with Crippen LogP contribution in [0.5, 0.6) is 0 Å². The molecule has 0 unspecified atom stereocenters. The Bertz CT molecular complexity index is 430. The van der Waals surface area contributed by atoms with Crippen LogP contribution in [0.15, 0.2) is 0 Å². The quantitative estimate of drug-likeness (QED) is 0.611. The van der Waals surface area contributed by atoms with E-state index in [1.165, 1.54) is 0 Å². The molecule has 4 nitrogen and oxygen atoms in total. The first-order chi connectivity index (χ1) is 9.36. The minimum Gasteiger partial charge on any atom is -0.385 e. The van der Waals surface area contributed by atoms with Gasteiger partial charge in [0.25, 0.3) is 0 Å². The molecule has 114 valence electrons. The van der Waals surface area contributed by atoms with Crippen molar-refractivity contribution in [3.63, 3.8) is 0 Å². The highest BCUT2D eigenvalue weighted by molar-refractivity contribution is 6.30. The van der Waals surface area contributed by atoms with E-state index in [2.05, 4.69) is 36.1 Å². The normalized spacial score (nSPS) is 11.7. The highest BCUT2D eigenvalue weighted by atomic mass is 35.5. The van der Waals surface area contributed by atoms with Crippen LogP contribution in [0, 0.1) is 6.92 Å². The zero-order chi connectivity index (χ0) is 15.2. The van der Waals surface area contributed by atoms with E-state index in [0.717, 1.165) is 49.6 Å². The average molecular weight is 300 g/mol. The van der Waals surface area contributed by atoms with Crippen molar-refractivity contribution in [3.05, 3.63) is 16.5 Å². The number of anilines is 1. The molecule has 0 atom stereocenters. The third kappa shape index (κ3) is 5.25. The summed E-state index contributed by atoms with van der Waals surface area (Å²) < 4.78 is 5.04. The molecule has 0 saturated carbocycles. The van der Waals surface area contributed by atoms with Gasteiger partial charge in [-0.15, -0.1) is 0 Å². The summed E-state index contributed by atoms with van der Waals surface area (Å²) in [5.74, 6) is 1.62. The lowest BCUT2D eigenvalue weighted by atomic mass is 9.95. The Balaban J connectivity index is 2.63. The van der Waals surface area contributed by atoms with Crippen molar-refractivity contribution >= 4 is 17.4 Å². The summed E-state index contributed by atoms with van der Waals surface area (Å²) in [7, 11) is 1.73. The molecule has 0 bridgehead atoms. The summed E-state index contributed by atoms with van der Waals surface area (Å²) in [6, 6.07) is 0. The highest BCUT2D eigenvalue weighted by Gasteiger charge is 2.20. The number of halogens is 1. The van der Waals surface area contributed by atoms with Crippen LogP contribution in [0.3, 0.4) is 0 Å². The van der Waals surface area contributed by atoms with Crippen LogP contribution < -0.4 is 5.32 Å². The number of nitrogens with one attached hydrogen (secondary N) is 1. The predicted molar refractivity (Wildman–Crippen MR) is 84.7 cm³/mol. The molecule has 0 aliphatic heterocycles. The Morgan fingerprint density at radius 2 is 1.85 bits per heavy atom. The van der Waals surface area contributed by atoms with E-state index in [1.54, 1.807) is 7.11 Å². The maximum Gasteiger partial charge on any atom is 0.137 e. The summed E-state index contributed by atoms with van der Waals surface area (Å²) in [5.41, 5.74) is 0.809. The molecular weight excluding hydrogens is 274 g/mol. The van der Waals surface area contributed by atoms with E-state index in [-0.39, 0.29) is 5.41 Å². The number of nitrogens with zero attached hydrogens (tertiary/aromatic N) is 2. The molecule has 0 spiro atoms. The van der Waals surface area contributed by atoms with E-state index in [9.17, 15) is 0 Å². The molecule has 0 fully saturated rings. The average Bonchev–Trinajstić information content (AvgIpc) is 2.37. The first kappa shape index (κ1) is 17.2. The van der Waals surface area contributed by atoms with Gasteiger partial charge in [0.05, 0.1) is 0 Å². The first-order valence-corrected chi connectivity index (χ1v) is 7.51. The molecule has 0 aromatic carbocycles. The first-order valence-electron chi connectivity index (χ1n) is 7.13. The zero-order valence-corrected chi connectivity index (χ0v) is 14.0. The Hall–Kier alpha value is -0.870. The van der Waals surface area contributed by atoms with E-state index in [0.29, 0.717) is 5.15 Å². The minimum absolute atomic E-state index is 0.105. The lowest BCUT2D eigenvalue weighted by Gasteiger charge is -2.19. The maximum atomic E-state index is 6.20. The Morgan fingerprint density at radius 1 is 1.15 bits per heavy atom. The van der Waals surface area contributed by atoms with Crippen molar-refractivity contribution in [2.45, 2.75) is 52.4 Å². The SMILES string of the molecule is COCCCCCNc1nc(C(C)(C)C)nc(Cl)c1C. The summed E-state index contributed by atoms with van der Waals surface area (Å²) in [5, 5.41) is 3.90.